The monoisotopic (exact) mass is 273 g/mol. The highest BCUT2D eigenvalue weighted by Crippen LogP contribution is 2.59. The second-order valence-corrected chi connectivity index (χ2v) is 7.21. The van der Waals surface area contributed by atoms with Gasteiger partial charge in [-0.2, -0.15) is 0 Å². The van der Waals surface area contributed by atoms with Crippen LogP contribution in [0.3, 0.4) is 0 Å². The summed E-state index contributed by atoms with van der Waals surface area (Å²) in [5, 5.41) is 0. The molecular formula is C19H31N. The van der Waals surface area contributed by atoms with Gasteiger partial charge < -0.3 is 5.73 Å². The fourth-order valence-electron chi connectivity index (χ4n) is 4.67. The van der Waals surface area contributed by atoms with Crippen LogP contribution in [0.5, 0.6) is 0 Å². The van der Waals surface area contributed by atoms with E-state index < -0.39 is 0 Å². The van der Waals surface area contributed by atoms with E-state index in [4.69, 9.17) is 5.73 Å². The number of hydrogen-bond donors (Lipinski definition) is 1. The van der Waals surface area contributed by atoms with Crippen molar-refractivity contribution in [2.45, 2.75) is 71.6 Å². The van der Waals surface area contributed by atoms with Gasteiger partial charge in [0.15, 0.2) is 0 Å². The molecule has 0 saturated heterocycles. The van der Waals surface area contributed by atoms with Gasteiger partial charge in [0.25, 0.3) is 0 Å². The Morgan fingerprint density at radius 3 is 1.85 bits per heavy atom. The molecule has 0 bridgehead atoms. The van der Waals surface area contributed by atoms with Gasteiger partial charge in [0.2, 0.25) is 0 Å². The molecule has 0 aliphatic heterocycles. The Morgan fingerprint density at radius 1 is 0.950 bits per heavy atom. The normalized spacial score (nSPS) is 19.6. The Kier molecular flexibility index (Phi) is 4.59. The smallest absolute Gasteiger partial charge is 0.00863 e. The van der Waals surface area contributed by atoms with E-state index in [-0.39, 0.29) is 5.41 Å². The zero-order chi connectivity index (χ0) is 14.8. The minimum atomic E-state index is 0.251. The second-order valence-electron chi connectivity index (χ2n) is 7.21. The van der Waals surface area contributed by atoms with Crippen LogP contribution in [0.2, 0.25) is 0 Å². The van der Waals surface area contributed by atoms with E-state index in [9.17, 15) is 0 Å². The van der Waals surface area contributed by atoms with Crippen molar-refractivity contribution < 1.29 is 0 Å². The van der Waals surface area contributed by atoms with Crippen LogP contribution in [-0.2, 0) is 5.41 Å². The van der Waals surface area contributed by atoms with E-state index in [0.717, 1.165) is 6.54 Å². The molecule has 1 fully saturated rings. The maximum absolute atomic E-state index is 6.21. The van der Waals surface area contributed by atoms with Crippen LogP contribution in [0, 0.1) is 19.3 Å². The van der Waals surface area contributed by atoms with Crippen LogP contribution >= 0.6 is 0 Å². The first-order valence-electron chi connectivity index (χ1n) is 8.28. The van der Waals surface area contributed by atoms with Gasteiger partial charge in [0.1, 0.15) is 0 Å². The summed E-state index contributed by atoms with van der Waals surface area (Å²) in [6, 6.07) is 6.99. The highest BCUT2D eigenvalue weighted by atomic mass is 14.7. The molecule has 1 aliphatic carbocycles. The molecule has 1 aromatic carbocycles. The first kappa shape index (κ1) is 15.6. The molecule has 0 radical (unpaired) electrons. The molecule has 0 aromatic heterocycles. The van der Waals surface area contributed by atoms with E-state index >= 15 is 0 Å². The average Bonchev–Trinajstić information content (AvgIpc) is 2.34. The average molecular weight is 273 g/mol. The van der Waals surface area contributed by atoms with E-state index in [1.165, 1.54) is 55.2 Å². The lowest BCUT2D eigenvalue weighted by molar-refractivity contribution is 0.00778. The molecule has 1 aliphatic rings. The molecule has 1 heteroatoms. The highest BCUT2D eigenvalue weighted by Gasteiger charge is 2.53. The molecule has 20 heavy (non-hydrogen) atoms. The Morgan fingerprint density at radius 2 is 1.45 bits per heavy atom. The lowest BCUT2D eigenvalue weighted by Crippen LogP contribution is -2.53. The van der Waals surface area contributed by atoms with Crippen molar-refractivity contribution in [1.82, 2.24) is 0 Å². The van der Waals surface area contributed by atoms with E-state index in [0.29, 0.717) is 5.41 Å². The summed E-state index contributed by atoms with van der Waals surface area (Å²) in [6.07, 6.45) is 7.92. The number of nitrogens with two attached hydrogens (primary N) is 1. The van der Waals surface area contributed by atoms with Gasteiger partial charge >= 0.3 is 0 Å². The van der Waals surface area contributed by atoms with Gasteiger partial charge in [-0.25, -0.2) is 0 Å². The van der Waals surface area contributed by atoms with Gasteiger partial charge in [-0.05, 0) is 50.5 Å². The third kappa shape index (κ3) is 2.79. The predicted octanol–water partition coefficient (Wildman–Crippen LogP) is 4.88. The molecule has 1 nitrogen and oxygen atoms in total. The molecule has 0 atom stereocenters. The molecule has 2 rings (SSSR count). The van der Waals surface area contributed by atoms with Gasteiger partial charge in [-0.3, -0.25) is 0 Å². The fourth-order valence-corrected chi connectivity index (χ4v) is 4.67. The van der Waals surface area contributed by atoms with Crippen molar-refractivity contribution in [1.29, 1.82) is 0 Å². The standard InChI is InChI=1S/C19H31N/c1-5-7-18(8-6-2)12-19(13-18,14-20)17-10-15(3)9-16(4)11-17/h9-11H,5-8,12-14,20H2,1-4H3. The fraction of sp³-hybridized carbons (Fsp3) is 0.684. The molecule has 112 valence electrons. The number of benzene rings is 1. The third-order valence-corrected chi connectivity index (χ3v) is 5.21. The molecule has 0 amide bonds. The first-order valence-corrected chi connectivity index (χ1v) is 8.28. The van der Waals surface area contributed by atoms with Gasteiger partial charge in [0.05, 0.1) is 0 Å². The molecule has 1 saturated carbocycles. The van der Waals surface area contributed by atoms with E-state index in [1.807, 2.05) is 0 Å². The molecular weight excluding hydrogens is 242 g/mol. The zero-order valence-electron chi connectivity index (χ0n) is 13.8. The van der Waals surface area contributed by atoms with Crippen molar-refractivity contribution in [3.8, 4) is 0 Å². The minimum absolute atomic E-state index is 0.251. The van der Waals surface area contributed by atoms with Crippen LogP contribution in [0.15, 0.2) is 18.2 Å². The number of hydrogen-bond acceptors (Lipinski definition) is 1. The molecule has 2 N–H and O–H groups in total. The first-order chi connectivity index (χ1) is 9.49. The molecule has 0 spiro atoms. The minimum Gasteiger partial charge on any atom is -0.330 e. The van der Waals surface area contributed by atoms with Crippen molar-refractivity contribution in [2.24, 2.45) is 11.1 Å². The molecule has 0 unspecified atom stereocenters. The quantitative estimate of drug-likeness (QED) is 0.785. The topological polar surface area (TPSA) is 26.0 Å². The van der Waals surface area contributed by atoms with Crippen LogP contribution in [0.1, 0.15) is 69.1 Å². The summed E-state index contributed by atoms with van der Waals surface area (Å²) in [5.41, 5.74) is 11.3. The lowest BCUT2D eigenvalue weighted by Gasteiger charge is -2.57. The summed E-state index contributed by atoms with van der Waals surface area (Å²) in [4.78, 5) is 0. The lowest BCUT2D eigenvalue weighted by atomic mass is 9.48. The summed E-state index contributed by atoms with van der Waals surface area (Å²) in [7, 11) is 0. The van der Waals surface area contributed by atoms with Crippen molar-refractivity contribution in [3.63, 3.8) is 0 Å². The van der Waals surface area contributed by atoms with Crippen LogP contribution in [0.25, 0.3) is 0 Å². The maximum Gasteiger partial charge on any atom is 0.00863 e. The third-order valence-electron chi connectivity index (χ3n) is 5.21. The highest BCUT2D eigenvalue weighted by molar-refractivity contribution is 5.37. The Hall–Kier alpha value is -0.820. The molecule has 1 aromatic rings. The molecule has 0 heterocycles. The Bertz CT molecular complexity index is 427. The van der Waals surface area contributed by atoms with Crippen molar-refractivity contribution in [3.05, 3.63) is 34.9 Å². The van der Waals surface area contributed by atoms with Gasteiger partial charge in [-0.15, -0.1) is 0 Å². The van der Waals surface area contributed by atoms with Crippen molar-refractivity contribution >= 4 is 0 Å². The Labute approximate surface area is 125 Å². The van der Waals surface area contributed by atoms with Crippen LogP contribution in [-0.4, -0.2) is 6.54 Å². The van der Waals surface area contributed by atoms with Crippen molar-refractivity contribution in [2.75, 3.05) is 6.54 Å². The largest absolute Gasteiger partial charge is 0.330 e. The Balaban J connectivity index is 2.25. The summed E-state index contributed by atoms with van der Waals surface area (Å²) in [6.45, 7) is 9.83. The SMILES string of the molecule is CCCC1(CCC)CC(CN)(c2cc(C)cc(C)c2)C1. The van der Waals surface area contributed by atoms with E-state index in [1.54, 1.807) is 0 Å². The summed E-state index contributed by atoms with van der Waals surface area (Å²) < 4.78 is 0. The maximum atomic E-state index is 6.21. The number of aryl methyl sites for hydroxylation is 2. The van der Waals surface area contributed by atoms with E-state index in [2.05, 4.69) is 45.9 Å². The van der Waals surface area contributed by atoms with Crippen LogP contribution < -0.4 is 5.73 Å². The van der Waals surface area contributed by atoms with Gasteiger partial charge in [-0.1, -0.05) is 56.0 Å². The second kappa shape index (κ2) is 5.89. The predicted molar refractivity (Wildman–Crippen MR) is 88.1 cm³/mol. The zero-order valence-corrected chi connectivity index (χ0v) is 13.8. The summed E-state index contributed by atoms with van der Waals surface area (Å²) in [5.74, 6) is 0. The summed E-state index contributed by atoms with van der Waals surface area (Å²) >= 11 is 0. The van der Waals surface area contributed by atoms with Crippen LogP contribution in [0.4, 0.5) is 0 Å². The van der Waals surface area contributed by atoms with Gasteiger partial charge in [0, 0.05) is 12.0 Å². The number of rotatable bonds is 6.